The van der Waals surface area contributed by atoms with Crippen LogP contribution < -0.4 is 4.90 Å². The lowest BCUT2D eigenvalue weighted by molar-refractivity contribution is -0.144. The SMILES string of the molecule is O=C(O)[C@H]1CC[C@H](OC2CCN(c3ccc(-c4nc5cc(Cl)ccc5[nH]4)cn3)CC2)CC1. The highest BCUT2D eigenvalue weighted by atomic mass is 35.5. The first-order valence-corrected chi connectivity index (χ1v) is 11.7. The molecule has 3 aromatic rings. The fraction of sp³-hybridized carbons (Fsp3) is 0.458. The molecule has 2 N–H and O–H groups in total. The van der Waals surface area contributed by atoms with Crippen molar-refractivity contribution in [2.45, 2.75) is 50.7 Å². The second kappa shape index (κ2) is 9.08. The molecule has 0 bridgehead atoms. The Morgan fingerprint density at radius 3 is 2.50 bits per heavy atom. The minimum absolute atomic E-state index is 0.192. The average Bonchev–Trinajstić information content (AvgIpc) is 3.23. The molecule has 0 unspecified atom stereocenters. The minimum Gasteiger partial charge on any atom is -0.481 e. The molecule has 7 nitrogen and oxygen atoms in total. The van der Waals surface area contributed by atoms with E-state index >= 15 is 0 Å². The third-order valence-corrected chi connectivity index (χ3v) is 6.88. The Labute approximate surface area is 191 Å². The molecule has 0 radical (unpaired) electrons. The normalized spacial score (nSPS) is 22.3. The van der Waals surface area contributed by atoms with E-state index in [0.717, 1.165) is 79.9 Å². The molecule has 1 saturated carbocycles. The van der Waals surface area contributed by atoms with E-state index in [1.807, 2.05) is 36.5 Å². The van der Waals surface area contributed by atoms with E-state index in [1.165, 1.54) is 0 Å². The first kappa shape index (κ1) is 21.2. The van der Waals surface area contributed by atoms with Crippen molar-refractivity contribution in [1.29, 1.82) is 0 Å². The summed E-state index contributed by atoms with van der Waals surface area (Å²) in [5, 5.41) is 9.82. The number of nitrogens with one attached hydrogen (secondary N) is 1. The number of benzene rings is 1. The van der Waals surface area contributed by atoms with Gasteiger partial charge in [0.1, 0.15) is 11.6 Å². The second-order valence-corrected chi connectivity index (χ2v) is 9.22. The summed E-state index contributed by atoms with van der Waals surface area (Å²) >= 11 is 6.06. The number of aromatic nitrogens is 3. The van der Waals surface area contributed by atoms with Crippen LogP contribution in [0.15, 0.2) is 36.5 Å². The molecule has 2 fully saturated rings. The molecule has 1 saturated heterocycles. The Kier molecular flexibility index (Phi) is 6.02. The number of carboxylic acids is 1. The van der Waals surface area contributed by atoms with Gasteiger partial charge < -0.3 is 19.7 Å². The molecule has 1 aliphatic heterocycles. The monoisotopic (exact) mass is 454 g/mol. The van der Waals surface area contributed by atoms with Gasteiger partial charge in [-0.15, -0.1) is 0 Å². The number of carbonyl (C=O) groups is 1. The van der Waals surface area contributed by atoms with Gasteiger partial charge in [-0.3, -0.25) is 4.79 Å². The third kappa shape index (κ3) is 4.59. The number of anilines is 1. The van der Waals surface area contributed by atoms with E-state index in [2.05, 4.69) is 19.9 Å². The maximum Gasteiger partial charge on any atom is 0.306 e. The molecular formula is C24H27ClN4O3. The van der Waals surface area contributed by atoms with Gasteiger partial charge in [0, 0.05) is 29.9 Å². The highest BCUT2D eigenvalue weighted by Crippen LogP contribution is 2.30. The van der Waals surface area contributed by atoms with Crippen molar-refractivity contribution < 1.29 is 14.6 Å². The van der Waals surface area contributed by atoms with Crippen molar-refractivity contribution >= 4 is 34.4 Å². The zero-order chi connectivity index (χ0) is 22.1. The zero-order valence-electron chi connectivity index (χ0n) is 17.8. The van der Waals surface area contributed by atoms with Crippen LogP contribution in [0.1, 0.15) is 38.5 Å². The first-order chi connectivity index (χ1) is 15.5. The summed E-state index contributed by atoms with van der Waals surface area (Å²) in [4.78, 5) is 26.0. The van der Waals surface area contributed by atoms with Crippen LogP contribution >= 0.6 is 11.6 Å². The van der Waals surface area contributed by atoms with Crippen molar-refractivity contribution in [3.05, 3.63) is 41.6 Å². The molecule has 5 rings (SSSR count). The molecule has 1 aromatic carbocycles. The largest absolute Gasteiger partial charge is 0.481 e. The van der Waals surface area contributed by atoms with Crippen molar-refractivity contribution in [1.82, 2.24) is 15.0 Å². The van der Waals surface area contributed by atoms with Gasteiger partial charge in [0.2, 0.25) is 0 Å². The highest BCUT2D eigenvalue weighted by molar-refractivity contribution is 6.31. The Morgan fingerprint density at radius 1 is 1.06 bits per heavy atom. The number of ether oxygens (including phenoxy) is 1. The van der Waals surface area contributed by atoms with E-state index in [0.29, 0.717) is 5.02 Å². The second-order valence-electron chi connectivity index (χ2n) is 8.79. The summed E-state index contributed by atoms with van der Waals surface area (Å²) in [6.45, 7) is 1.81. The molecule has 3 heterocycles. The quantitative estimate of drug-likeness (QED) is 0.569. The molecular weight excluding hydrogens is 428 g/mol. The van der Waals surface area contributed by atoms with Crippen molar-refractivity contribution in [2.24, 2.45) is 5.92 Å². The van der Waals surface area contributed by atoms with E-state index in [9.17, 15) is 4.79 Å². The third-order valence-electron chi connectivity index (χ3n) is 6.64. The Hall–Kier alpha value is -2.64. The number of halogens is 1. The average molecular weight is 455 g/mol. The number of pyridine rings is 1. The number of hydrogen-bond acceptors (Lipinski definition) is 5. The number of rotatable bonds is 5. The summed E-state index contributed by atoms with van der Waals surface area (Å²) in [6, 6.07) is 9.72. The predicted octanol–water partition coefficient (Wildman–Crippen LogP) is 4.91. The molecule has 0 atom stereocenters. The van der Waals surface area contributed by atoms with E-state index in [1.54, 1.807) is 0 Å². The van der Waals surface area contributed by atoms with Gasteiger partial charge >= 0.3 is 5.97 Å². The fourth-order valence-electron chi connectivity index (χ4n) is 4.77. The van der Waals surface area contributed by atoms with Crippen molar-refractivity contribution in [3.63, 3.8) is 0 Å². The minimum atomic E-state index is -0.667. The van der Waals surface area contributed by atoms with Gasteiger partial charge in [0.15, 0.2) is 0 Å². The van der Waals surface area contributed by atoms with Gasteiger partial charge in [0.05, 0.1) is 29.2 Å². The lowest BCUT2D eigenvalue weighted by Gasteiger charge is -2.36. The molecule has 8 heteroatoms. The summed E-state index contributed by atoms with van der Waals surface area (Å²) < 4.78 is 6.30. The first-order valence-electron chi connectivity index (χ1n) is 11.3. The van der Waals surface area contributed by atoms with Crippen LogP contribution in [-0.2, 0) is 9.53 Å². The summed E-state index contributed by atoms with van der Waals surface area (Å²) in [6.07, 6.45) is 7.41. The number of imidazole rings is 1. The molecule has 1 aliphatic carbocycles. The number of fused-ring (bicyclic) bond motifs is 1. The highest BCUT2D eigenvalue weighted by Gasteiger charge is 2.29. The number of nitrogens with zero attached hydrogens (tertiary/aromatic N) is 3. The summed E-state index contributed by atoms with van der Waals surface area (Å²) in [5.74, 6) is 0.891. The topological polar surface area (TPSA) is 91.3 Å². The molecule has 0 amide bonds. The Morgan fingerprint density at radius 2 is 1.81 bits per heavy atom. The lowest BCUT2D eigenvalue weighted by Crippen LogP contribution is -2.39. The van der Waals surface area contributed by atoms with Crippen LogP contribution in [0.3, 0.4) is 0 Å². The van der Waals surface area contributed by atoms with Gasteiger partial charge in [-0.25, -0.2) is 9.97 Å². The smallest absolute Gasteiger partial charge is 0.306 e. The summed E-state index contributed by atoms with van der Waals surface area (Å²) in [5.41, 5.74) is 2.73. The van der Waals surface area contributed by atoms with Crippen LogP contribution in [0.4, 0.5) is 5.82 Å². The molecule has 2 aliphatic rings. The molecule has 0 spiro atoms. The van der Waals surface area contributed by atoms with Crippen LogP contribution in [0.2, 0.25) is 5.02 Å². The fourth-order valence-corrected chi connectivity index (χ4v) is 4.93. The maximum absolute atomic E-state index is 11.1. The van der Waals surface area contributed by atoms with Crippen LogP contribution in [-0.4, -0.2) is 51.3 Å². The number of H-pyrrole nitrogens is 1. The molecule has 168 valence electrons. The van der Waals surface area contributed by atoms with Gasteiger partial charge in [-0.1, -0.05) is 11.6 Å². The van der Waals surface area contributed by atoms with E-state index in [4.69, 9.17) is 21.4 Å². The standard InChI is InChI=1S/C24H27ClN4O3/c25-17-4-7-20-21(13-17)28-23(27-20)16-3-8-22(26-14-16)29-11-9-19(10-12-29)32-18-5-1-15(2-6-18)24(30)31/h3-4,7-8,13-15,18-19H,1-2,5-6,9-12H2,(H,27,28)(H,30,31)/t15-,18-. The summed E-state index contributed by atoms with van der Waals surface area (Å²) in [7, 11) is 0. The van der Waals surface area contributed by atoms with Gasteiger partial charge in [0.25, 0.3) is 0 Å². The molecule has 2 aromatic heterocycles. The lowest BCUT2D eigenvalue weighted by atomic mass is 9.87. The van der Waals surface area contributed by atoms with Crippen LogP contribution in [0, 0.1) is 5.92 Å². The van der Waals surface area contributed by atoms with Crippen LogP contribution in [0.5, 0.6) is 0 Å². The van der Waals surface area contributed by atoms with Crippen LogP contribution in [0.25, 0.3) is 22.4 Å². The number of aromatic amines is 1. The Bertz CT molecular complexity index is 1080. The number of aliphatic carboxylic acids is 1. The predicted molar refractivity (Wildman–Crippen MR) is 124 cm³/mol. The zero-order valence-corrected chi connectivity index (χ0v) is 18.6. The Balaban J connectivity index is 1.15. The van der Waals surface area contributed by atoms with Gasteiger partial charge in [-0.05, 0) is 68.9 Å². The van der Waals surface area contributed by atoms with E-state index < -0.39 is 5.97 Å². The number of carboxylic acid groups (broad SMARTS) is 1. The van der Waals surface area contributed by atoms with Crippen molar-refractivity contribution in [3.8, 4) is 11.4 Å². The van der Waals surface area contributed by atoms with Crippen molar-refractivity contribution in [2.75, 3.05) is 18.0 Å². The van der Waals surface area contributed by atoms with E-state index in [-0.39, 0.29) is 18.1 Å². The number of hydrogen-bond donors (Lipinski definition) is 2. The maximum atomic E-state index is 11.1. The molecule has 32 heavy (non-hydrogen) atoms. The number of piperidine rings is 1. The van der Waals surface area contributed by atoms with Gasteiger partial charge in [-0.2, -0.15) is 0 Å².